The van der Waals surface area contributed by atoms with Crippen molar-refractivity contribution in [2.24, 2.45) is 0 Å². The first kappa shape index (κ1) is 30.4. The number of aliphatic hydroxyl groups is 1. The molecule has 0 radical (unpaired) electrons. The van der Waals surface area contributed by atoms with Gasteiger partial charge in [0, 0.05) is 21.7 Å². The zero-order chi connectivity index (χ0) is 27.4. The first-order valence-corrected chi connectivity index (χ1v) is 12.8. The molecule has 0 heterocycles. The highest BCUT2D eigenvalue weighted by molar-refractivity contribution is 9.10. The van der Waals surface area contributed by atoms with Crippen molar-refractivity contribution in [2.45, 2.75) is 20.0 Å². The molecule has 0 saturated carbocycles. The van der Waals surface area contributed by atoms with Crippen molar-refractivity contribution in [3.8, 4) is 11.5 Å². The van der Waals surface area contributed by atoms with Gasteiger partial charge in [-0.25, -0.2) is 0 Å². The van der Waals surface area contributed by atoms with Gasteiger partial charge in [-0.05, 0) is 66.2 Å². The van der Waals surface area contributed by atoms with Crippen molar-refractivity contribution in [3.05, 3.63) is 127 Å². The number of para-hydroxylation sites is 2. The number of rotatable bonds is 5. The van der Waals surface area contributed by atoms with E-state index in [0.717, 1.165) is 27.6 Å². The number of aryl methyl sites for hydroxylation is 2. The van der Waals surface area contributed by atoms with Crippen molar-refractivity contribution in [3.63, 3.8) is 0 Å². The van der Waals surface area contributed by atoms with Gasteiger partial charge in [-0.3, -0.25) is 4.79 Å². The zero-order valence-electron chi connectivity index (χ0n) is 21.0. The number of halogens is 3. The van der Waals surface area contributed by atoms with Gasteiger partial charge in [0.05, 0.1) is 23.7 Å². The maximum atomic E-state index is 10.4. The first-order valence-electron chi connectivity index (χ1n) is 11.3. The maximum absolute atomic E-state index is 10.4. The second-order valence-corrected chi connectivity index (χ2v) is 9.62. The second kappa shape index (κ2) is 15.4. The third-order valence-corrected chi connectivity index (χ3v) is 6.56. The minimum absolute atomic E-state index is 0.514. The number of aldehydes is 1. The predicted molar refractivity (Wildman–Crippen MR) is 156 cm³/mol. The lowest BCUT2D eigenvalue weighted by Gasteiger charge is -2.16. The average Bonchev–Trinajstić information content (AvgIpc) is 2.92. The Balaban J connectivity index is 0.000000214. The molecule has 4 rings (SSSR count). The van der Waals surface area contributed by atoms with Crippen molar-refractivity contribution < 1.29 is 19.4 Å². The summed E-state index contributed by atoms with van der Waals surface area (Å²) in [7, 11) is 3.24. The van der Waals surface area contributed by atoms with Crippen molar-refractivity contribution in [1.82, 2.24) is 0 Å². The van der Waals surface area contributed by atoms with Gasteiger partial charge in [-0.2, -0.15) is 0 Å². The Kier molecular flexibility index (Phi) is 12.7. The smallest absolute Gasteiger partial charge is 0.151 e. The number of hydrogen-bond acceptors (Lipinski definition) is 4. The van der Waals surface area contributed by atoms with Crippen LogP contribution in [-0.2, 0) is 0 Å². The van der Waals surface area contributed by atoms with Crippen LogP contribution in [-0.4, -0.2) is 25.6 Å². The van der Waals surface area contributed by atoms with Gasteiger partial charge in [0.2, 0.25) is 0 Å². The van der Waals surface area contributed by atoms with Gasteiger partial charge in [-0.1, -0.05) is 82.9 Å². The Hall–Kier alpha value is -2.83. The molecule has 4 aromatic rings. The van der Waals surface area contributed by atoms with E-state index in [1.54, 1.807) is 32.4 Å². The molecular weight excluding hydrogens is 575 g/mol. The minimum atomic E-state index is -0.784. The van der Waals surface area contributed by atoms with Crippen LogP contribution in [0.25, 0.3) is 0 Å². The highest BCUT2D eigenvalue weighted by Gasteiger charge is 2.17. The van der Waals surface area contributed by atoms with E-state index in [1.807, 2.05) is 80.6 Å². The number of hydrogen-bond donors (Lipinski definition) is 1. The summed E-state index contributed by atoms with van der Waals surface area (Å²) in [5.41, 5.74) is 4.07. The number of carbonyl (C=O) groups excluding carboxylic acids is 1. The average molecular weight is 604 g/mol. The van der Waals surface area contributed by atoms with Gasteiger partial charge < -0.3 is 14.6 Å². The molecule has 194 valence electrons. The van der Waals surface area contributed by atoms with Crippen LogP contribution in [0, 0.1) is 13.8 Å². The fourth-order valence-corrected chi connectivity index (χ4v) is 4.13. The van der Waals surface area contributed by atoms with Crippen molar-refractivity contribution >= 4 is 45.4 Å². The SMILES string of the molecule is COc1ccccc1Br.COc1ccccc1C(O)c1cc(C)ccc1Cl.Cc1ccc(Cl)c(C=O)c1. The lowest BCUT2D eigenvalue weighted by molar-refractivity contribution is 0.112. The molecule has 0 aliphatic rings. The normalized spacial score (nSPS) is 10.7. The third kappa shape index (κ3) is 9.20. The lowest BCUT2D eigenvalue weighted by Crippen LogP contribution is -2.03. The highest BCUT2D eigenvalue weighted by Crippen LogP contribution is 2.33. The van der Waals surface area contributed by atoms with Crippen LogP contribution in [0.5, 0.6) is 11.5 Å². The largest absolute Gasteiger partial charge is 0.496 e. The van der Waals surface area contributed by atoms with Crippen LogP contribution in [0.4, 0.5) is 0 Å². The molecule has 1 atom stereocenters. The van der Waals surface area contributed by atoms with Crippen LogP contribution in [0.2, 0.25) is 10.0 Å². The van der Waals surface area contributed by atoms with Crippen molar-refractivity contribution in [1.29, 1.82) is 0 Å². The molecule has 7 heteroatoms. The fourth-order valence-electron chi connectivity index (χ4n) is 3.30. The number of benzene rings is 4. The monoisotopic (exact) mass is 602 g/mol. The Morgan fingerprint density at radius 3 is 1.84 bits per heavy atom. The Morgan fingerprint density at radius 2 is 1.30 bits per heavy atom. The second-order valence-electron chi connectivity index (χ2n) is 7.95. The van der Waals surface area contributed by atoms with Gasteiger partial charge in [-0.15, -0.1) is 0 Å². The van der Waals surface area contributed by atoms with E-state index in [-0.39, 0.29) is 0 Å². The quantitative estimate of drug-likeness (QED) is 0.232. The zero-order valence-corrected chi connectivity index (χ0v) is 24.1. The molecule has 0 aromatic heterocycles. The van der Waals surface area contributed by atoms with E-state index >= 15 is 0 Å². The third-order valence-electron chi connectivity index (χ3n) is 5.21. The number of methoxy groups -OCH3 is 2. The molecular formula is C30H29BrCl2O4. The molecule has 0 amide bonds. The summed E-state index contributed by atoms with van der Waals surface area (Å²) in [6, 6.07) is 26.1. The Labute approximate surface area is 236 Å². The van der Waals surface area contributed by atoms with E-state index < -0.39 is 6.10 Å². The maximum Gasteiger partial charge on any atom is 0.151 e. The van der Waals surface area contributed by atoms with E-state index in [9.17, 15) is 9.90 Å². The molecule has 4 aromatic carbocycles. The standard InChI is InChI=1S/C15H15ClO2.C8H7ClO.C7H7BrO/c1-10-7-8-13(16)12(9-10)15(17)11-5-3-4-6-14(11)18-2;1-6-2-3-8(9)7(4-6)5-10;1-9-7-5-3-2-4-6(7)8/h3-9,15,17H,1-2H3;2-5H,1H3;2-5H,1H3. The fraction of sp³-hybridized carbons (Fsp3) is 0.167. The summed E-state index contributed by atoms with van der Waals surface area (Å²) < 4.78 is 11.2. The van der Waals surface area contributed by atoms with Crippen LogP contribution in [0.15, 0.2) is 89.4 Å². The summed E-state index contributed by atoms with van der Waals surface area (Å²) >= 11 is 15.1. The number of carbonyl (C=O) groups is 1. The highest BCUT2D eigenvalue weighted by atomic mass is 79.9. The van der Waals surface area contributed by atoms with E-state index in [0.29, 0.717) is 32.5 Å². The first-order chi connectivity index (χ1) is 17.7. The summed E-state index contributed by atoms with van der Waals surface area (Å²) in [6.45, 7) is 3.89. The van der Waals surface area contributed by atoms with Crippen LogP contribution >= 0.6 is 39.1 Å². The van der Waals surface area contributed by atoms with E-state index in [4.69, 9.17) is 32.7 Å². The summed E-state index contributed by atoms with van der Waals surface area (Å²) in [5, 5.41) is 11.5. The van der Waals surface area contributed by atoms with E-state index in [1.165, 1.54) is 0 Å². The topological polar surface area (TPSA) is 55.8 Å². The van der Waals surface area contributed by atoms with Gasteiger partial charge in [0.25, 0.3) is 0 Å². The summed E-state index contributed by atoms with van der Waals surface area (Å²) in [6.07, 6.45) is -0.0245. The van der Waals surface area contributed by atoms with Gasteiger partial charge >= 0.3 is 0 Å². The molecule has 1 N–H and O–H groups in total. The van der Waals surface area contributed by atoms with Crippen LogP contribution < -0.4 is 9.47 Å². The molecule has 0 saturated heterocycles. The molecule has 1 unspecified atom stereocenters. The van der Waals surface area contributed by atoms with Crippen molar-refractivity contribution in [2.75, 3.05) is 14.2 Å². The Morgan fingerprint density at radius 1 is 0.757 bits per heavy atom. The van der Waals surface area contributed by atoms with E-state index in [2.05, 4.69) is 15.9 Å². The summed E-state index contributed by atoms with van der Waals surface area (Å²) in [4.78, 5) is 10.3. The van der Waals surface area contributed by atoms with Gasteiger partial charge in [0.1, 0.15) is 17.6 Å². The molecule has 0 spiro atoms. The summed E-state index contributed by atoms with van der Waals surface area (Å²) in [5.74, 6) is 1.53. The molecule has 4 nitrogen and oxygen atoms in total. The lowest BCUT2D eigenvalue weighted by atomic mass is 9.99. The predicted octanol–water partition coefficient (Wildman–Crippen LogP) is 8.66. The molecule has 0 aliphatic heterocycles. The number of ether oxygens (including phenoxy) is 2. The van der Waals surface area contributed by atoms with Gasteiger partial charge in [0.15, 0.2) is 6.29 Å². The van der Waals surface area contributed by atoms with Crippen LogP contribution in [0.3, 0.4) is 0 Å². The molecule has 0 bridgehead atoms. The molecule has 0 fully saturated rings. The van der Waals surface area contributed by atoms with Crippen LogP contribution in [0.1, 0.15) is 38.7 Å². The Bertz CT molecular complexity index is 1310. The molecule has 0 aliphatic carbocycles. The minimum Gasteiger partial charge on any atom is -0.496 e. The molecule has 37 heavy (non-hydrogen) atoms. The number of aliphatic hydroxyl groups excluding tert-OH is 1.